The van der Waals surface area contributed by atoms with E-state index in [1.807, 2.05) is 0 Å². The van der Waals surface area contributed by atoms with Gasteiger partial charge in [-0.2, -0.15) is 0 Å². The first-order chi connectivity index (χ1) is 9.65. The minimum absolute atomic E-state index is 0.535. The van der Waals surface area contributed by atoms with Crippen molar-refractivity contribution in [2.75, 3.05) is 20.1 Å². The molecule has 0 spiro atoms. The van der Waals surface area contributed by atoms with Crippen LogP contribution in [0, 0.1) is 19.8 Å². The molecule has 0 bridgehead atoms. The predicted molar refractivity (Wildman–Crippen MR) is 85.2 cm³/mol. The second-order valence-electron chi connectivity index (χ2n) is 6.23. The van der Waals surface area contributed by atoms with Gasteiger partial charge in [0.1, 0.15) is 0 Å². The second kappa shape index (κ2) is 5.41. The van der Waals surface area contributed by atoms with E-state index < -0.39 is 0 Å². The van der Waals surface area contributed by atoms with E-state index in [4.69, 9.17) is 0 Å². The van der Waals surface area contributed by atoms with Crippen molar-refractivity contribution in [3.63, 3.8) is 0 Å². The summed E-state index contributed by atoms with van der Waals surface area (Å²) in [4.78, 5) is 2.41. The lowest BCUT2D eigenvalue weighted by Crippen LogP contribution is -2.47. The van der Waals surface area contributed by atoms with Crippen molar-refractivity contribution >= 4 is 0 Å². The maximum absolute atomic E-state index is 2.41. The zero-order chi connectivity index (χ0) is 14.1. The molecule has 2 aromatic carbocycles. The van der Waals surface area contributed by atoms with Gasteiger partial charge in [0, 0.05) is 19.0 Å². The summed E-state index contributed by atoms with van der Waals surface area (Å²) in [5, 5.41) is 0. The lowest BCUT2D eigenvalue weighted by atomic mass is 9.75. The normalized spacial score (nSPS) is 17.8. The Morgan fingerprint density at radius 3 is 2.20 bits per heavy atom. The highest BCUT2D eigenvalue weighted by Gasteiger charge is 2.33. The van der Waals surface area contributed by atoms with Gasteiger partial charge in [-0.3, -0.25) is 0 Å². The van der Waals surface area contributed by atoms with Crippen molar-refractivity contribution < 1.29 is 0 Å². The van der Waals surface area contributed by atoms with Crippen LogP contribution in [0.1, 0.15) is 28.2 Å². The first-order valence-electron chi connectivity index (χ1n) is 7.46. The Bertz CT molecular complexity index is 579. The topological polar surface area (TPSA) is 3.24 Å². The highest BCUT2D eigenvalue weighted by atomic mass is 15.2. The van der Waals surface area contributed by atoms with E-state index in [0.29, 0.717) is 5.92 Å². The molecule has 1 nitrogen and oxygen atoms in total. The lowest BCUT2D eigenvalue weighted by Gasteiger charge is -2.42. The molecule has 1 aliphatic rings. The zero-order valence-electron chi connectivity index (χ0n) is 12.6. The summed E-state index contributed by atoms with van der Waals surface area (Å²) in [6.07, 6.45) is 0. The minimum Gasteiger partial charge on any atom is -0.306 e. The van der Waals surface area contributed by atoms with Crippen LogP contribution in [-0.2, 0) is 0 Å². The molecule has 2 aromatic rings. The third-order valence-electron chi connectivity index (χ3n) is 4.52. The maximum atomic E-state index is 2.41. The summed E-state index contributed by atoms with van der Waals surface area (Å²) in [6.45, 7) is 6.79. The van der Waals surface area contributed by atoms with Crippen LogP contribution < -0.4 is 0 Å². The number of hydrogen-bond donors (Lipinski definition) is 0. The molecule has 0 aromatic heterocycles. The minimum atomic E-state index is 0.535. The summed E-state index contributed by atoms with van der Waals surface area (Å²) in [5.74, 6) is 1.27. The van der Waals surface area contributed by atoms with Gasteiger partial charge in [0.15, 0.2) is 0 Å². The van der Waals surface area contributed by atoms with E-state index in [-0.39, 0.29) is 0 Å². The van der Waals surface area contributed by atoms with Crippen molar-refractivity contribution in [3.05, 3.63) is 70.8 Å². The molecule has 1 aliphatic heterocycles. The summed E-state index contributed by atoms with van der Waals surface area (Å²) < 4.78 is 0. The van der Waals surface area contributed by atoms with Crippen LogP contribution in [0.25, 0.3) is 0 Å². The van der Waals surface area contributed by atoms with Crippen molar-refractivity contribution in [2.45, 2.75) is 19.8 Å². The molecule has 1 heteroatoms. The molecule has 0 radical (unpaired) electrons. The third kappa shape index (κ3) is 2.51. The Labute approximate surface area is 122 Å². The zero-order valence-corrected chi connectivity index (χ0v) is 12.6. The molecule has 20 heavy (non-hydrogen) atoms. The smallest absolute Gasteiger partial charge is 0.0145 e. The summed E-state index contributed by atoms with van der Waals surface area (Å²) in [5.41, 5.74) is 5.70. The van der Waals surface area contributed by atoms with E-state index in [2.05, 4.69) is 74.3 Å². The largest absolute Gasteiger partial charge is 0.306 e. The Balaban J connectivity index is 2.00. The van der Waals surface area contributed by atoms with Crippen LogP contribution in [0.4, 0.5) is 0 Å². The number of hydrogen-bond acceptors (Lipinski definition) is 1. The molecule has 1 unspecified atom stereocenters. The van der Waals surface area contributed by atoms with Gasteiger partial charge < -0.3 is 4.90 Å². The Morgan fingerprint density at radius 2 is 1.60 bits per heavy atom. The van der Waals surface area contributed by atoms with Crippen LogP contribution in [0.3, 0.4) is 0 Å². The summed E-state index contributed by atoms with van der Waals surface area (Å²) in [6, 6.07) is 17.9. The molecular formula is C19H23N. The van der Waals surface area contributed by atoms with Gasteiger partial charge >= 0.3 is 0 Å². The highest BCUT2D eigenvalue weighted by molar-refractivity contribution is 5.39. The molecule has 0 saturated carbocycles. The molecule has 0 N–H and O–H groups in total. The fourth-order valence-electron chi connectivity index (χ4n) is 3.37. The van der Waals surface area contributed by atoms with Crippen molar-refractivity contribution in [1.29, 1.82) is 0 Å². The van der Waals surface area contributed by atoms with E-state index in [9.17, 15) is 0 Å². The van der Waals surface area contributed by atoms with E-state index in [1.54, 1.807) is 0 Å². The number of aryl methyl sites for hydroxylation is 2. The molecular weight excluding hydrogens is 242 g/mol. The van der Waals surface area contributed by atoms with Crippen molar-refractivity contribution in [2.24, 2.45) is 5.92 Å². The number of nitrogens with zero attached hydrogens (tertiary/aromatic N) is 1. The Kier molecular flexibility index (Phi) is 3.62. The van der Waals surface area contributed by atoms with Gasteiger partial charge in [-0.1, -0.05) is 54.1 Å². The number of likely N-dealkylation sites (tertiary alicyclic amines) is 1. The summed E-state index contributed by atoms with van der Waals surface area (Å²) in [7, 11) is 2.21. The maximum Gasteiger partial charge on any atom is 0.0145 e. The average molecular weight is 265 g/mol. The molecule has 3 rings (SSSR count). The molecule has 1 fully saturated rings. The van der Waals surface area contributed by atoms with Gasteiger partial charge in [0.2, 0.25) is 0 Å². The Morgan fingerprint density at radius 1 is 0.950 bits per heavy atom. The van der Waals surface area contributed by atoms with E-state index >= 15 is 0 Å². The SMILES string of the molecule is Cc1ccc(C(c2ccccc2C)C2CN(C)C2)cc1. The molecule has 0 amide bonds. The summed E-state index contributed by atoms with van der Waals surface area (Å²) >= 11 is 0. The third-order valence-corrected chi connectivity index (χ3v) is 4.52. The molecule has 0 aliphatic carbocycles. The molecule has 104 valence electrons. The van der Waals surface area contributed by atoms with Gasteiger partial charge in [-0.25, -0.2) is 0 Å². The first kappa shape index (κ1) is 13.4. The van der Waals surface area contributed by atoms with Gasteiger partial charge in [0.05, 0.1) is 0 Å². The van der Waals surface area contributed by atoms with E-state index in [0.717, 1.165) is 5.92 Å². The predicted octanol–water partition coefficient (Wildman–Crippen LogP) is 4.00. The lowest BCUT2D eigenvalue weighted by molar-refractivity contribution is 0.120. The highest BCUT2D eigenvalue weighted by Crippen LogP contribution is 2.38. The van der Waals surface area contributed by atoms with Gasteiger partial charge in [-0.05, 0) is 43.5 Å². The van der Waals surface area contributed by atoms with E-state index in [1.165, 1.54) is 35.3 Å². The molecule has 1 saturated heterocycles. The monoisotopic (exact) mass is 265 g/mol. The van der Waals surface area contributed by atoms with Crippen LogP contribution in [0.5, 0.6) is 0 Å². The molecule has 1 atom stereocenters. The molecule has 1 heterocycles. The number of rotatable bonds is 3. The fourth-order valence-corrected chi connectivity index (χ4v) is 3.37. The Hall–Kier alpha value is -1.60. The first-order valence-corrected chi connectivity index (χ1v) is 7.46. The van der Waals surface area contributed by atoms with Crippen molar-refractivity contribution in [3.8, 4) is 0 Å². The van der Waals surface area contributed by atoms with Crippen LogP contribution in [0.2, 0.25) is 0 Å². The van der Waals surface area contributed by atoms with Gasteiger partial charge in [-0.15, -0.1) is 0 Å². The van der Waals surface area contributed by atoms with Crippen molar-refractivity contribution in [1.82, 2.24) is 4.90 Å². The fraction of sp³-hybridized carbons (Fsp3) is 0.368. The van der Waals surface area contributed by atoms with Gasteiger partial charge in [0.25, 0.3) is 0 Å². The van der Waals surface area contributed by atoms with Crippen LogP contribution >= 0.6 is 0 Å². The average Bonchev–Trinajstić information content (AvgIpc) is 2.41. The quantitative estimate of drug-likeness (QED) is 0.811. The number of benzene rings is 2. The second-order valence-corrected chi connectivity index (χ2v) is 6.23. The van der Waals surface area contributed by atoms with Crippen LogP contribution in [-0.4, -0.2) is 25.0 Å². The standard InChI is InChI=1S/C19H23N/c1-14-8-10-16(11-9-14)19(17-12-20(3)13-17)18-7-5-4-6-15(18)2/h4-11,17,19H,12-13H2,1-3H3. The van der Waals surface area contributed by atoms with Crippen LogP contribution in [0.15, 0.2) is 48.5 Å².